The zero-order valence-electron chi connectivity index (χ0n) is 7.62. The summed E-state index contributed by atoms with van der Waals surface area (Å²) >= 11 is 0. The Morgan fingerprint density at radius 1 is 1.58 bits per heavy atom. The fourth-order valence-electron chi connectivity index (χ4n) is 1.48. The van der Waals surface area contributed by atoms with Gasteiger partial charge in [-0.15, -0.1) is 0 Å². The second-order valence-corrected chi connectivity index (χ2v) is 3.65. The number of ether oxygens (including phenoxy) is 1. The number of aliphatic hydroxyl groups excluding tert-OH is 1. The molecule has 3 heteroatoms. The van der Waals surface area contributed by atoms with Gasteiger partial charge in [-0.2, -0.15) is 0 Å². The molecule has 1 fully saturated rings. The normalized spacial score (nSPS) is 27.0. The van der Waals surface area contributed by atoms with Crippen LogP contribution < -0.4 is 0 Å². The maximum Gasteiger partial charge on any atom is 0.311 e. The predicted octanol–water partition coefficient (Wildman–Crippen LogP) is 0.956. The number of carbonyl (C=O) groups is 1. The van der Waals surface area contributed by atoms with Crippen molar-refractivity contribution >= 4 is 5.97 Å². The molecule has 0 bridgehead atoms. The first-order valence-corrected chi connectivity index (χ1v) is 4.47. The van der Waals surface area contributed by atoms with Crippen LogP contribution in [0.25, 0.3) is 0 Å². The van der Waals surface area contributed by atoms with E-state index in [1.54, 1.807) is 0 Å². The van der Waals surface area contributed by atoms with Gasteiger partial charge in [0.25, 0.3) is 0 Å². The molecule has 1 aliphatic rings. The Morgan fingerprint density at radius 3 is 2.75 bits per heavy atom. The molecule has 2 atom stereocenters. The van der Waals surface area contributed by atoms with Crippen LogP contribution in [0, 0.1) is 11.8 Å². The molecule has 3 nitrogen and oxygen atoms in total. The summed E-state index contributed by atoms with van der Waals surface area (Å²) in [5.41, 5.74) is 0. The van der Waals surface area contributed by atoms with Crippen molar-refractivity contribution in [2.45, 2.75) is 32.8 Å². The maximum absolute atomic E-state index is 11.2. The fourth-order valence-corrected chi connectivity index (χ4v) is 1.48. The van der Waals surface area contributed by atoms with E-state index < -0.39 is 6.10 Å². The summed E-state index contributed by atoms with van der Waals surface area (Å²) in [4.78, 5) is 11.2. The van der Waals surface area contributed by atoms with E-state index in [4.69, 9.17) is 4.74 Å². The van der Waals surface area contributed by atoms with Crippen LogP contribution in [0.15, 0.2) is 0 Å². The third-order valence-electron chi connectivity index (χ3n) is 2.30. The molecule has 70 valence electrons. The monoisotopic (exact) mass is 172 g/mol. The van der Waals surface area contributed by atoms with Gasteiger partial charge in [-0.1, -0.05) is 13.8 Å². The largest absolute Gasteiger partial charge is 0.465 e. The third kappa shape index (κ3) is 1.97. The van der Waals surface area contributed by atoms with Gasteiger partial charge in [0.15, 0.2) is 0 Å². The van der Waals surface area contributed by atoms with Gasteiger partial charge in [-0.05, 0) is 18.8 Å². The number of esters is 1. The van der Waals surface area contributed by atoms with E-state index in [0.29, 0.717) is 6.61 Å². The molecule has 0 radical (unpaired) electrons. The Balaban J connectivity index is 2.53. The van der Waals surface area contributed by atoms with Gasteiger partial charge in [0.2, 0.25) is 0 Å². The molecule has 1 heterocycles. The minimum atomic E-state index is -0.544. The van der Waals surface area contributed by atoms with Crippen molar-refractivity contribution in [2.24, 2.45) is 11.8 Å². The van der Waals surface area contributed by atoms with E-state index in [-0.39, 0.29) is 17.8 Å². The van der Waals surface area contributed by atoms with Crippen molar-refractivity contribution in [1.82, 2.24) is 0 Å². The third-order valence-corrected chi connectivity index (χ3v) is 2.30. The Bertz CT molecular complexity index is 165. The van der Waals surface area contributed by atoms with Crippen molar-refractivity contribution in [3.05, 3.63) is 0 Å². The first-order chi connectivity index (χ1) is 5.63. The van der Waals surface area contributed by atoms with Gasteiger partial charge in [0.05, 0.1) is 18.6 Å². The highest BCUT2D eigenvalue weighted by atomic mass is 16.5. The van der Waals surface area contributed by atoms with Crippen LogP contribution in [0.1, 0.15) is 26.7 Å². The molecule has 1 N–H and O–H groups in total. The molecule has 0 saturated carbocycles. The summed E-state index contributed by atoms with van der Waals surface area (Å²) in [6, 6.07) is 0. The lowest BCUT2D eigenvalue weighted by molar-refractivity contribution is -0.159. The topological polar surface area (TPSA) is 46.5 Å². The molecule has 1 saturated heterocycles. The van der Waals surface area contributed by atoms with Gasteiger partial charge in [-0.25, -0.2) is 0 Å². The highest BCUT2D eigenvalue weighted by Crippen LogP contribution is 2.22. The van der Waals surface area contributed by atoms with Gasteiger partial charge >= 0.3 is 5.97 Å². The second-order valence-electron chi connectivity index (χ2n) is 3.65. The van der Waals surface area contributed by atoms with Crippen molar-refractivity contribution in [3.8, 4) is 0 Å². The number of hydrogen-bond donors (Lipinski definition) is 1. The van der Waals surface area contributed by atoms with E-state index in [9.17, 15) is 9.90 Å². The highest BCUT2D eigenvalue weighted by molar-refractivity contribution is 5.73. The van der Waals surface area contributed by atoms with Gasteiger partial charge < -0.3 is 9.84 Å². The van der Waals surface area contributed by atoms with Crippen molar-refractivity contribution in [1.29, 1.82) is 0 Å². The van der Waals surface area contributed by atoms with Crippen molar-refractivity contribution < 1.29 is 14.6 Å². The summed E-state index contributed by atoms with van der Waals surface area (Å²) in [5.74, 6) is -0.401. The average Bonchev–Trinajstić information content (AvgIpc) is 2.04. The smallest absolute Gasteiger partial charge is 0.311 e. The van der Waals surface area contributed by atoms with Crippen LogP contribution in [-0.4, -0.2) is 23.8 Å². The van der Waals surface area contributed by atoms with Gasteiger partial charge in [0.1, 0.15) is 0 Å². The fraction of sp³-hybridized carbons (Fsp3) is 0.889. The standard InChI is InChI=1S/C9H16O3/c1-6(2)8(10)7-4-3-5-12-9(7)11/h6-8,10H,3-5H2,1-2H3/t7-,8+/m1/s1. The van der Waals surface area contributed by atoms with Crippen LogP contribution in [0.4, 0.5) is 0 Å². The molecule has 0 aliphatic carbocycles. The molecular formula is C9H16O3. The zero-order valence-corrected chi connectivity index (χ0v) is 7.62. The lowest BCUT2D eigenvalue weighted by Crippen LogP contribution is -2.36. The molecular weight excluding hydrogens is 156 g/mol. The molecule has 0 aromatic carbocycles. The lowest BCUT2D eigenvalue weighted by atomic mass is 9.88. The molecule has 0 spiro atoms. The molecule has 0 amide bonds. The Hall–Kier alpha value is -0.570. The van der Waals surface area contributed by atoms with E-state index in [2.05, 4.69) is 0 Å². The first kappa shape index (κ1) is 9.52. The summed E-state index contributed by atoms with van der Waals surface area (Å²) in [6.07, 6.45) is 1.09. The summed E-state index contributed by atoms with van der Waals surface area (Å²) in [7, 11) is 0. The SMILES string of the molecule is CC(C)[C@H](O)[C@H]1CCCOC1=O. The quantitative estimate of drug-likeness (QED) is 0.631. The van der Waals surface area contributed by atoms with Crippen LogP contribution in [-0.2, 0) is 9.53 Å². The van der Waals surface area contributed by atoms with E-state index in [0.717, 1.165) is 12.8 Å². The minimum Gasteiger partial charge on any atom is -0.465 e. The van der Waals surface area contributed by atoms with E-state index in [1.807, 2.05) is 13.8 Å². The number of cyclic esters (lactones) is 1. The Labute approximate surface area is 72.7 Å². The lowest BCUT2D eigenvalue weighted by Gasteiger charge is -2.27. The molecule has 0 aromatic rings. The van der Waals surface area contributed by atoms with E-state index >= 15 is 0 Å². The van der Waals surface area contributed by atoms with Crippen LogP contribution in [0.3, 0.4) is 0 Å². The van der Waals surface area contributed by atoms with Gasteiger partial charge in [-0.3, -0.25) is 4.79 Å². The minimum absolute atomic E-state index is 0.126. The van der Waals surface area contributed by atoms with Gasteiger partial charge in [0, 0.05) is 0 Å². The number of aliphatic hydroxyl groups is 1. The number of rotatable bonds is 2. The summed E-state index contributed by atoms with van der Waals surface area (Å²) in [5, 5.41) is 9.62. The molecule has 12 heavy (non-hydrogen) atoms. The number of hydrogen-bond acceptors (Lipinski definition) is 3. The van der Waals surface area contributed by atoms with Crippen LogP contribution in [0.2, 0.25) is 0 Å². The first-order valence-electron chi connectivity index (χ1n) is 4.47. The van der Waals surface area contributed by atoms with E-state index in [1.165, 1.54) is 0 Å². The van der Waals surface area contributed by atoms with Crippen molar-refractivity contribution in [2.75, 3.05) is 6.61 Å². The summed E-state index contributed by atoms with van der Waals surface area (Å²) < 4.78 is 4.86. The molecule has 0 unspecified atom stereocenters. The maximum atomic E-state index is 11.2. The molecule has 0 aromatic heterocycles. The predicted molar refractivity (Wildman–Crippen MR) is 44.5 cm³/mol. The molecule has 1 rings (SSSR count). The second kappa shape index (κ2) is 3.90. The Kier molecular flexibility index (Phi) is 3.09. The highest BCUT2D eigenvalue weighted by Gasteiger charge is 2.32. The number of carbonyl (C=O) groups excluding carboxylic acids is 1. The van der Waals surface area contributed by atoms with Crippen LogP contribution in [0.5, 0.6) is 0 Å². The van der Waals surface area contributed by atoms with Crippen LogP contribution >= 0.6 is 0 Å². The summed E-state index contributed by atoms with van der Waals surface area (Å²) in [6.45, 7) is 4.33. The van der Waals surface area contributed by atoms with Crippen molar-refractivity contribution in [3.63, 3.8) is 0 Å². The Morgan fingerprint density at radius 2 is 2.25 bits per heavy atom. The average molecular weight is 172 g/mol. The molecule has 1 aliphatic heterocycles. The zero-order chi connectivity index (χ0) is 9.14.